The number of rotatable bonds is 6. The summed E-state index contributed by atoms with van der Waals surface area (Å²) in [6, 6.07) is 0. The van der Waals surface area contributed by atoms with Crippen molar-refractivity contribution in [2.75, 3.05) is 13.2 Å². The fourth-order valence-corrected chi connectivity index (χ4v) is 1.79. The first-order chi connectivity index (χ1) is 9.19. The Kier molecular flexibility index (Phi) is 6.85. The van der Waals surface area contributed by atoms with Crippen LogP contribution in [0.4, 0.5) is 0 Å². The topological polar surface area (TPSA) is 65.0 Å². The Bertz CT molecular complexity index is 356. The third-order valence-electron chi connectivity index (χ3n) is 2.74. The van der Waals surface area contributed by atoms with Crippen LogP contribution in [0, 0.1) is 5.92 Å². The van der Waals surface area contributed by atoms with Crippen LogP contribution in [0.15, 0.2) is 16.8 Å². The monoisotopic (exact) mass is 267 g/mol. The van der Waals surface area contributed by atoms with Gasteiger partial charge in [-0.15, -0.1) is 0 Å². The quantitative estimate of drug-likeness (QED) is 0.420. The van der Waals surface area contributed by atoms with Crippen LogP contribution >= 0.6 is 0 Å². The fraction of sp³-hybridized carbons (Fsp3) is 0.643. The van der Waals surface area contributed by atoms with Crippen molar-refractivity contribution >= 4 is 18.2 Å². The number of ether oxygens (including phenoxy) is 2. The summed E-state index contributed by atoms with van der Waals surface area (Å²) in [5.41, 5.74) is 0.921. The van der Waals surface area contributed by atoms with Gasteiger partial charge >= 0.3 is 11.9 Å². The minimum Gasteiger partial charge on any atom is -0.465 e. The molecule has 106 valence electrons. The number of nitrogens with zero attached hydrogens (tertiary/aromatic N) is 1. The first kappa shape index (κ1) is 15.4. The Labute approximate surface area is 113 Å². The predicted molar refractivity (Wildman–Crippen MR) is 71.8 cm³/mol. The van der Waals surface area contributed by atoms with E-state index in [4.69, 9.17) is 9.47 Å². The zero-order valence-corrected chi connectivity index (χ0v) is 11.6. The maximum Gasteiger partial charge on any atom is 0.325 e. The molecule has 0 atom stereocenters. The Morgan fingerprint density at radius 3 is 2.37 bits per heavy atom. The van der Waals surface area contributed by atoms with Gasteiger partial charge in [-0.05, 0) is 39.5 Å². The Morgan fingerprint density at radius 2 is 1.89 bits per heavy atom. The van der Waals surface area contributed by atoms with E-state index in [2.05, 4.69) is 4.99 Å². The van der Waals surface area contributed by atoms with E-state index in [0.717, 1.165) is 31.4 Å². The summed E-state index contributed by atoms with van der Waals surface area (Å²) in [6.07, 6.45) is 7.51. The molecule has 0 bridgehead atoms. The summed E-state index contributed by atoms with van der Waals surface area (Å²) in [7, 11) is 0. The predicted octanol–water partition coefficient (Wildman–Crippen LogP) is 2.26. The van der Waals surface area contributed by atoms with E-state index >= 15 is 0 Å². The summed E-state index contributed by atoms with van der Waals surface area (Å²) < 4.78 is 9.72. The molecule has 1 rings (SSSR count). The lowest BCUT2D eigenvalue weighted by molar-refractivity contribution is -0.157. The third kappa shape index (κ3) is 5.24. The van der Waals surface area contributed by atoms with Crippen LogP contribution in [0.25, 0.3) is 0 Å². The van der Waals surface area contributed by atoms with Crippen molar-refractivity contribution < 1.29 is 19.1 Å². The summed E-state index contributed by atoms with van der Waals surface area (Å²) in [6.45, 7) is 3.85. The zero-order chi connectivity index (χ0) is 14.1. The van der Waals surface area contributed by atoms with E-state index < -0.39 is 17.9 Å². The molecular formula is C14H21NO4. The normalized spacial score (nSPS) is 15.4. The third-order valence-corrected chi connectivity index (χ3v) is 2.74. The summed E-state index contributed by atoms with van der Waals surface area (Å²) >= 11 is 0. The molecule has 5 nitrogen and oxygen atoms in total. The van der Waals surface area contributed by atoms with Gasteiger partial charge < -0.3 is 9.47 Å². The maximum absolute atomic E-state index is 11.7. The maximum atomic E-state index is 11.7. The molecule has 0 radical (unpaired) electrons. The molecule has 0 amide bonds. The van der Waals surface area contributed by atoms with Gasteiger partial charge in [-0.25, -0.2) is 0 Å². The summed E-state index contributed by atoms with van der Waals surface area (Å²) in [4.78, 5) is 27.6. The van der Waals surface area contributed by atoms with Gasteiger partial charge in [0.25, 0.3) is 0 Å². The molecule has 5 heteroatoms. The first-order valence-corrected chi connectivity index (χ1v) is 6.75. The van der Waals surface area contributed by atoms with Gasteiger partial charge in [0, 0.05) is 11.9 Å². The standard InChI is InChI=1S/C14H21NO4/c1-3-18-13(16)12(14(17)19-4-2)10-15-11-8-6-5-7-9-11/h8,10,12H,3-7,9H2,1-2H3. The molecule has 0 saturated carbocycles. The summed E-state index contributed by atoms with van der Waals surface area (Å²) in [5.74, 6) is -2.29. The van der Waals surface area contributed by atoms with Crippen molar-refractivity contribution in [3.8, 4) is 0 Å². The second-order valence-corrected chi connectivity index (χ2v) is 4.20. The Hall–Kier alpha value is -1.65. The molecular weight excluding hydrogens is 246 g/mol. The summed E-state index contributed by atoms with van der Waals surface area (Å²) in [5, 5.41) is 0. The molecule has 0 saturated heterocycles. The van der Waals surface area contributed by atoms with Crippen LogP contribution in [0.2, 0.25) is 0 Å². The van der Waals surface area contributed by atoms with Crippen LogP contribution in [0.1, 0.15) is 39.5 Å². The van der Waals surface area contributed by atoms with Gasteiger partial charge in [0.05, 0.1) is 13.2 Å². The molecule has 0 aromatic heterocycles. The van der Waals surface area contributed by atoms with E-state index in [0.29, 0.717) is 0 Å². The Balaban J connectivity index is 2.72. The number of hydrogen-bond donors (Lipinski definition) is 0. The van der Waals surface area contributed by atoms with Crippen molar-refractivity contribution in [1.29, 1.82) is 0 Å². The second-order valence-electron chi connectivity index (χ2n) is 4.20. The zero-order valence-electron chi connectivity index (χ0n) is 11.6. The lowest BCUT2D eigenvalue weighted by Gasteiger charge is -2.11. The molecule has 0 spiro atoms. The number of allylic oxidation sites excluding steroid dienone is 2. The van der Waals surface area contributed by atoms with E-state index in [1.807, 2.05) is 6.08 Å². The lowest BCUT2D eigenvalue weighted by atomic mass is 10.1. The van der Waals surface area contributed by atoms with Crippen LogP contribution in [-0.2, 0) is 19.1 Å². The highest BCUT2D eigenvalue weighted by Crippen LogP contribution is 2.18. The van der Waals surface area contributed by atoms with E-state index in [1.165, 1.54) is 6.21 Å². The SMILES string of the molecule is CCOC(=O)C(C=NC1=CCCCC1)C(=O)OCC. The minimum absolute atomic E-state index is 0.227. The van der Waals surface area contributed by atoms with Crippen LogP contribution in [0.3, 0.4) is 0 Å². The van der Waals surface area contributed by atoms with Crippen LogP contribution in [-0.4, -0.2) is 31.4 Å². The van der Waals surface area contributed by atoms with E-state index in [-0.39, 0.29) is 13.2 Å². The van der Waals surface area contributed by atoms with Gasteiger partial charge in [0.2, 0.25) is 0 Å². The smallest absolute Gasteiger partial charge is 0.325 e. The average Bonchev–Trinajstić information content (AvgIpc) is 2.41. The van der Waals surface area contributed by atoms with E-state index in [9.17, 15) is 9.59 Å². The molecule has 0 aromatic rings. The number of carbonyl (C=O) groups is 2. The van der Waals surface area contributed by atoms with Crippen LogP contribution < -0.4 is 0 Å². The number of esters is 2. The van der Waals surface area contributed by atoms with Crippen molar-refractivity contribution in [3.05, 3.63) is 11.8 Å². The molecule has 19 heavy (non-hydrogen) atoms. The molecule has 0 N–H and O–H groups in total. The van der Waals surface area contributed by atoms with Gasteiger partial charge in [-0.3, -0.25) is 14.6 Å². The van der Waals surface area contributed by atoms with E-state index in [1.54, 1.807) is 13.8 Å². The number of carbonyl (C=O) groups excluding carboxylic acids is 2. The van der Waals surface area contributed by atoms with Crippen molar-refractivity contribution in [2.24, 2.45) is 10.9 Å². The average molecular weight is 267 g/mol. The lowest BCUT2D eigenvalue weighted by Crippen LogP contribution is -2.29. The van der Waals surface area contributed by atoms with Crippen molar-refractivity contribution in [3.63, 3.8) is 0 Å². The molecule has 0 unspecified atom stereocenters. The molecule has 0 heterocycles. The van der Waals surface area contributed by atoms with Gasteiger partial charge in [-0.1, -0.05) is 6.08 Å². The molecule has 1 aliphatic rings. The van der Waals surface area contributed by atoms with Gasteiger partial charge in [0.15, 0.2) is 5.92 Å². The van der Waals surface area contributed by atoms with Gasteiger partial charge in [-0.2, -0.15) is 0 Å². The first-order valence-electron chi connectivity index (χ1n) is 6.75. The Morgan fingerprint density at radius 1 is 1.26 bits per heavy atom. The molecule has 0 aromatic carbocycles. The largest absolute Gasteiger partial charge is 0.465 e. The molecule has 0 fully saturated rings. The molecule has 0 aliphatic heterocycles. The minimum atomic E-state index is -1.07. The van der Waals surface area contributed by atoms with Gasteiger partial charge in [0.1, 0.15) is 0 Å². The van der Waals surface area contributed by atoms with Crippen molar-refractivity contribution in [1.82, 2.24) is 0 Å². The molecule has 1 aliphatic carbocycles. The second kappa shape index (κ2) is 8.45. The number of hydrogen-bond acceptors (Lipinski definition) is 5. The fourth-order valence-electron chi connectivity index (χ4n) is 1.79. The van der Waals surface area contributed by atoms with Crippen LogP contribution in [0.5, 0.6) is 0 Å². The highest BCUT2D eigenvalue weighted by molar-refractivity contribution is 6.09. The highest BCUT2D eigenvalue weighted by atomic mass is 16.6. The van der Waals surface area contributed by atoms with Crippen molar-refractivity contribution in [2.45, 2.75) is 39.5 Å². The number of aliphatic imine (C=N–C) groups is 1. The highest BCUT2D eigenvalue weighted by Gasteiger charge is 2.27.